The summed E-state index contributed by atoms with van der Waals surface area (Å²) in [7, 11) is 2.93. The Morgan fingerprint density at radius 2 is 1.96 bits per heavy atom. The topological polar surface area (TPSA) is 90.9 Å². The molecule has 0 bridgehead atoms. The molecule has 2 heterocycles. The molecule has 3 aromatic rings. The molecule has 0 aliphatic heterocycles. The van der Waals surface area contributed by atoms with E-state index in [1.807, 2.05) is 25.1 Å². The lowest BCUT2D eigenvalue weighted by Crippen LogP contribution is -2.37. The second-order valence-electron chi connectivity index (χ2n) is 5.67. The predicted octanol–water partition coefficient (Wildman–Crippen LogP) is 0.381. The molecule has 3 rings (SSSR count). The molecule has 8 heteroatoms. The minimum absolute atomic E-state index is 0.0715. The molecule has 0 aliphatic carbocycles. The van der Waals surface area contributed by atoms with Crippen molar-refractivity contribution in [2.45, 2.75) is 13.5 Å². The predicted molar refractivity (Wildman–Crippen MR) is 90.0 cm³/mol. The summed E-state index contributed by atoms with van der Waals surface area (Å²) < 4.78 is 3.73. The van der Waals surface area contributed by atoms with Gasteiger partial charge in [-0.3, -0.25) is 18.7 Å². The molecular formula is C16H17N5O3. The smallest absolute Gasteiger partial charge is 0.325 e. The van der Waals surface area contributed by atoms with Gasteiger partial charge in [0.1, 0.15) is 6.54 Å². The van der Waals surface area contributed by atoms with Gasteiger partial charge >= 0.3 is 5.69 Å². The van der Waals surface area contributed by atoms with E-state index >= 15 is 0 Å². The molecule has 1 aromatic carbocycles. The average Bonchev–Trinajstić information content (AvgIpc) is 2.94. The monoisotopic (exact) mass is 327 g/mol. The van der Waals surface area contributed by atoms with E-state index in [9.17, 15) is 14.4 Å². The third-order valence-electron chi connectivity index (χ3n) is 3.83. The summed E-state index contributed by atoms with van der Waals surface area (Å²) >= 11 is 0. The van der Waals surface area contributed by atoms with Crippen LogP contribution in [0.25, 0.3) is 11.2 Å². The number of hydrogen-bond acceptors (Lipinski definition) is 4. The first-order chi connectivity index (χ1) is 11.4. The molecule has 0 aliphatic rings. The van der Waals surface area contributed by atoms with Gasteiger partial charge in [0, 0.05) is 19.8 Å². The van der Waals surface area contributed by atoms with Gasteiger partial charge < -0.3 is 9.88 Å². The maximum absolute atomic E-state index is 12.3. The quantitative estimate of drug-likeness (QED) is 0.753. The Balaban J connectivity index is 1.95. The van der Waals surface area contributed by atoms with Gasteiger partial charge in [0.2, 0.25) is 5.91 Å². The van der Waals surface area contributed by atoms with Crippen molar-refractivity contribution < 1.29 is 4.79 Å². The van der Waals surface area contributed by atoms with Crippen molar-refractivity contribution >= 4 is 22.8 Å². The largest absolute Gasteiger partial charge is 0.332 e. The number of carbonyl (C=O) groups is 1. The zero-order valence-electron chi connectivity index (χ0n) is 13.6. The van der Waals surface area contributed by atoms with Gasteiger partial charge in [-0.15, -0.1) is 0 Å². The number of benzene rings is 1. The van der Waals surface area contributed by atoms with Crippen LogP contribution in [0, 0.1) is 6.92 Å². The Morgan fingerprint density at radius 3 is 2.67 bits per heavy atom. The van der Waals surface area contributed by atoms with Crippen LogP contribution in [-0.2, 0) is 25.4 Å². The van der Waals surface area contributed by atoms with E-state index in [0.717, 1.165) is 10.1 Å². The first-order valence-corrected chi connectivity index (χ1v) is 7.36. The number of fused-ring (bicyclic) bond motifs is 1. The van der Waals surface area contributed by atoms with E-state index in [1.165, 1.54) is 29.6 Å². The van der Waals surface area contributed by atoms with Crippen LogP contribution in [0.5, 0.6) is 0 Å². The molecule has 0 fully saturated rings. The van der Waals surface area contributed by atoms with Gasteiger partial charge in [0.05, 0.1) is 6.33 Å². The number of nitrogens with one attached hydrogen (secondary N) is 1. The second kappa shape index (κ2) is 5.80. The molecule has 0 saturated heterocycles. The maximum Gasteiger partial charge on any atom is 0.332 e. The standard InChI is InChI=1S/C16H17N5O3/c1-10-5-4-6-11(7-10)18-12(22)8-21-9-17-14-13(21)15(23)20(3)16(24)19(14)2/h4-7,9H,8H2,1-3H3,(H,18,22). The fourth-order valence-corrected chi connectivity index (χ4v) is 2.59. The van der Waals surface area contributed by atoms with Crippen molar-refractivity contribution in [1.82, 2.24) is 18.7 Å². The zero-order valence-corrected chi connectivity index (χ0v) is 13.6. The van der Waals surface area contributed by atoms with Crippen LogP contribution in [0.4, 0.5) is 5.69 Å². The van der Waals surface area contributed by atoms with E-state index < -0.39 is 11.2 Å². The minimum Gasteiger partial charge on any atom is -0.325 e. The molecule has 1 amide bonds. The van der Waals surface area contributed by atoms with E-state index in [0.29, 0.717) is 5.69 Å². The number of nitrogens with zero attached hydrogens (tertiary/aromatic N) is 4. The number of anilines is 1. The minimum atomic E-state index is -0.478. The summed E-state index contributed by atoms with van der Waals surface area (Å²) in [5.74, 6) is -0.282. The Bertz CT molecular complexity index is 1060. The molecule has 24 heavy (non-hydrogen) atoms. The summed E-state index contributed by atoms with van der Waals surface area (Å²) in [5.41, 5.74) is 1.26. The van der Waals surface area contributed by atoms with Crippen molar-refractivity contribution in [1.29, 1.82) is 0 Å². The molecule has 1 N–H and O–H groups in total. The molecule has 0 radical (unpaired) electrons. The van der Waals surface area contributed by atoms with Gasteiger partial charge in [-0.2, -0.15) is 0 Å². The van der Waals surface area contributed by atoms with Gasteiger partial charge in [-0.25, -0.2) is 9.78 Å². The van der Waals surface area contributed by atoms with Crippen molar-refractivity contribution in [3.63, 3.8) is 0 Å². The van der Waals surface area contributed by atoms with Crippen LogP contribution in [0.3, 0.4) is 0 Å². The number of imidazole rings is 1. The number of hydrogen-bond donors (Lipinski definition) is 1. The Morgan fingerprint density at radius 1 is 1.21 bits per heavy atom. The lowest BCUT2D eigenvalue weighted by atomic mass is 10.2. The summed E-state index contributed by atoms with van der Waals surface area (Å²) in [6.07, 6.45) is 1.39. The molecule has 124 valence electrons. The van der Waals surface area contributed by atoms with Gasteiger partial charge in [0.25, 0.3) is 5.56 Å². The molecule has 0 saturated carbocycles. The first-order valence-electron chi connectivity index (χ1n) is 7.36. The third-order valence-corrected chi connectivity index (χ3v) is 3.83. The van der Waals surface area contributed by atoms with Crippen LogP contribution in [0.2, 0.25) is 0 Å². The fourth-order valence-electron chi connectivity index (χ4n) is 2.59. The highest BCUT2D eigenvalue weighted by molar-refractivity contribution is 5.91. The van der Waals surface area contributed by atoms with Gasteiger partial charge in [0.15, 0.2) is 11.2 Å². The van der Waals surface area contributed by atoms with Crippen LogP contribution >= 0.6 is 0 Å². The maximum atomic E-state index is 12.3. The summed E-state index contributed by atoms with van der Waals surface area (Å²) in [6.45, 7) is 1.86. The highest BCUT2D eigenvalue weighted by Gasteiger charge is 2.15. The van der Waals surface area contributed by atoms with Crippen molar-refractivity contribution in [2.75, 3.05) is 5.32 Å². The van der Waals surface area contributed by atoms with Crippen molar-refractivity contribution in [3.8, 4) is 0 Å². The van der Waals surface area contributed by atoms with E-state index in [2.05, 4.69) is 10.3 Å². The van der Waals surface area contributed by atoms with Crippen LogP contribution < -0.4 is 16.6 Å². The Hall–Kier alpha value is -3.16. The van der Waals surface area contributed by atoms with Gasteiger partial charge in [-0.05, 0) is 24.6 Å². The normalized spacial score (nSPS) is 11.0. The molecule has 0 atom stereocenters. The molecule has 0 spiro atoms. The van der Waals surface area contributed by atoms with Crippen LogP contribution in [0.1, 0.15) is 5.56 Å². The van der Waals surface area contributed by atoms with E-state index in [4.69, 9.17) is 0 Å². The van der Waals surface area contributed by atoms with Crippen LogP contribution in [0.15, 0.2) is 40.2 Å². The lowest BCUT2D eigenvalue weighted by Gasteiger charge is -2.08. The second-order valence-corrected chi connectivity index (χ2v) is 5.67. The third kappa shape index (κ3) is 2.62. The number of carbonyl (C=O) groups excluding carboxylic acids is 1. The number of aryl methyl sites for hydroxylation is 2. The highest BCUT2D eigenvalue weighted by Crippen LogP contribution is 2.10. The zero-order chi connectivity index (χ0) is 17.4. The molecule has 2 aromatic heterocycles. The van der Waals surface area contributed by atoms with E-state index in [1.54, 1.807) is 6.07 Å². The number of rotatable bonds is 3. The fraction of sp³-hybridized carbons (Fsp3) is 0.250. The Kier molecular flexibility index (Phi) is 3.80. The number of amides is 1. The molecule has 8 nitrogen and oxygen atoms in total. The Labute approximate surface area is 137 Å². The highest BCUT2D eigenvalue weighted by atomic mass is 16.2. The summed E-state index contributed by atoms with van der Waals surface area (Å²) in [6, 6.07) is 7.43. The summed E-state index contributed by atoms with van der Waals surface area (Å²) in [5, 5.41) is 2.78. The molecular weight excluding hydrogens is 310 g/mol. The van der Waals surface area contributed by atoms with Gasteiger partial charge in [-0.1, -0.05) is 12.1 Å². The summed E-state index contributed by atoms with van der Waals surface area (Å²) in [4.78, 5) is 40.6. The average molecular weight is 327 g/mol. The number of aromatic nitrogens is 4. The van der Waals surface area contributed by atoms with E-state index in [-0.39, 0.29) is 23.6 Å². The molecule has 0 unspecified atom stereocenters. The van der Waals surface area contributed by atoms with Crippen molar-refractivity contribution in [3.05, 3.63) is 57.0 Å². The SMILES string of the molecule is Cc1cccc(NC(=O)Cn2cnc3c2c(=O)n(C)c(=O)n3C)c1. The van der Waals surface area contributed by atoms with Crippen LogP contribution in [-0.4, -0.2) is 24.6 Å². The van der Waals surface area contributed by atoms with Crippen molar-refractivity contribution in [2.24, 2.45) is 14.1 Å². The first kappa shape index (κ1) is 15.7. The lowest BCUT2D eigenvalue weighted by molar-refractivity contribution is -0.116.